The molecule has 26 heavy (non-hydrogen) atoms. The molecule has 1 heterocycles. The molecule has 1 amide bonds. The first kappa shape index (κ1) is 17.6. The lowest BCUT2D eigenvalue weighted by Gasteiger charge is -2.07. The summed E-state index contributed by atoms with van der Waals surface area (Å²) in [5.41, 5.74) is 1.98. The van der Waals surface area contributed by atoms with Gasteiger partial charge in [0, 0.05) is 12.1 Å². The van der Waals surface area contributed by atoms with Crippen molar-refractivity contribution in [1.82, 2.24) is 14.8 Å². The number of amides is 1. The number of nitrogens with zero attached hydrogens (tertiary/aromatic N) is 4. The number of carbonyl (C=O) groups is 1. The molecule has 0 unspecified atom stereocenters. The zero-order valence-corrected chi connectivity index (χ0v) is 14.6. The maximum absolute atomic E-state index is 12.1. The number of hydrogen-bond acceptors (Lipinski definition) is 6. The van der Waals surface area contributed by atoms with Gasteiger partial charge in [-0.1, -0.05) is 36.0 Å². The highest BCUT2D eigenvalue weighted by atomic mass is 32.2. The van der Waals surface area contributed by atoms with Crippen molar-refractivity contribution in [2.24, 2.45) is 0 Å². The number of nitrogens with one attached hydrogen (secondary N) is 1. The minimum absolute atomic E-state index is 0.0678. The molecule has 1 N–H and O–H groups in total. The maximum Gasteiger partial charge on any atom is 0.271 e. The summed E-state index contributed by atoms with van der Waals surface area (Å²) in [5.74, 6) is -0.185. The molecule has 0 bridgehead atoms. The van der Waals surface area contributed by atoms with Crippen LogP contribution in [0.1, 0.15) is 5.56 Å². The molecular formula is C17H15N5O3S. The number of non-ortho nitro benzene ring substituents is 1. The summed E-state index contributed by atoms with van der Waals surface area (Å²) in [6.07, 6.45) is 1.58. The summed E-state index contributed by atoms with van der Waals surface area (Å²) in [5, 5.41) is 18.3. The van der Waals surface area contributed by atoms with Crippen molar-refractivity contribution in [2.75, 3.05) is 11.1 Å². The smallest absolute Gasteiger partial charge is 0.271 e. The van der Waals surface area contributed by atoms with E-state index in [4.69, 9.17) is 0 Å². The second kappa shape index (κ2) is 7.79. The number of nitro groups is 1. The summed E-state index contributed by atoms with van der Waals surface area (Å²) in [7, 11) is 0. The van der Waals surface area contributed by atoms with E-state index in [0.717, 1.165) is 11.3 Å². The minimum Gasteiger partial charge on any atom is -0.325 e. The van der Waals surface area contributed by atoms with Crippen LogP contribution in [0.3, 0.4) is 0 Å². The van der Waals surface area contributed by atoms with Crippen molar-refractivity contribution in [3.8, 4) is 5.69 Å². The van der Waals surface area contributed by atoms with E-state index in [-0.39, 0.29) is 17.3 Å². The highest BCUT2D eigenvalue weighted by Crippen LogP contribution is 2.22. The van der Waals surface area contributed by atoms with Gasteiger partial charge >= 0.3 is 0 Å². The molecule has 0 aliphatic carbocycles. The molecule has 0 saturated carbocycles. The zero-order chi connectivity index (χ0) is 18.5. The number of thioether (sulfide) groups is 1. The summed E-state index contributed by atoms with van der Waals surface area (Å²) in [4.78, 5) is 26.7. The van der Waals surface area contributed by atoms with E-state index in [1.807, 2.05) is 30.3 Å². The van der Waals surface area contributed by atoms with Crippen LogP contribution in [-0.2, 0) is 4.79 Å². The van der Waals surface area contributed by atoms with E-state index in [0.29, 0.717) is 10.8 Å². The molecule has 0 aliphatic rings. The van der Waals surface area contributed by atoms with Crippen molar-refractivity contribution >= 4 is 29.0 Å². The third kappa shape index (κ3) is 4.25. The fourth-order valence-corrected chi connectivity index (χ4v) is 2.79. The van der Waals surface area contributed by atoms with Gasteiger partial charge in [-0.15, -0.1) is 5.10 Å². The number of carbonyl (C=O) groups excluding carboxylic acids is 1. The first-order valence-electron chi connectivity index (χ1n) is 7.68. The van der Waals surface area contributed by atoms with Crippen molar-refractivity contribution in [3.05, 3.63) is 70.5 Å². The standard InChI is InChI=1S/C17H15N5O3S/c1-12-7-8-14(22(24)25)9-15(12)19-16(23)10-26-17-18-11-21(20-17)13-5-3-2-4-6-13/h2-9,11H,10H2,1H3,(H,19,23). The Labute approximate surface area is 153 Å². The van der Waals surface area contributed by atoms with Crippen LogP contribution < -0.4 is 5.32 Å². The number of aromatic nitrogens is 3. The molecule has 3 aromatic rings. The SMILES string of the molecule is Cc1ccc([N+](=O)[O-])cc1NC(=O)CSc1ncn(-c2ccccc2)n1. The lowest BCUT2D eigenvalue weighted by atomic mass is 10.2. The highest BCUT2D eigenvalue weighted by molar-refractivity contribution is 7.99. The van der Waals surface area contributed by atoms with Crippen LogP contribution in [0, 0.1) is 17.0 Å². The number of hydrogen-bond donors (Lipinski definition) is 1. The summed E-state index contributed by atoms with van der Waals surface area (Å²) in [6, 6.07) is 13.9. The van der Waals surface area contributed by atoms with Gasteiger partial charge in [-0.2, -0.15) is 0 Å². The highest BCUT2D eigenvalue weighted by Gasteiger charge is 2.12. The molecule has 132 valence electrons. The number of para-hydroxylation sites is 1. The first-order valence-corrected chi connectivity index (χ1v) is 8.66. The van der Waals surface area contributed by atoms with Crippen molar-refractivity contribution in [1.29, 1.82) is 0 Å². The van der Waals surface area contributed by atoms with Gasteiger partial charge in [0.1, 0.15) is 6.33 Å². The van der Waals surface area contributed by atoms with Gasteiger partial charge in [-0.05, 0) is 24.6 Å². The number of aryl methyl sites for hydroxylation is 1. The van der Waals surface area contributed by atoms with Gasteiger partial charge in [0.2, 0.25) is 11.1 Å². The van der Waals surface area contributed by atoms with Gasteiger partial charge in [-0.25, -0.2) is 9.67 Å². The molecule has 0 atom stereocenters. The quantitative estimate of drug-likeness (QED) is 0.406. The summed E-state index contributed by atoms with van der Waals surface area (Å²) < 4.78 is 1.63. The Kier molecular flexibility index (Phi) is 5.28. The molecule has 0 aliphatic heterocycles. The monoisotopic (exact) mass is 369 g/mol. The Bertz CT molecular complexity index is 943. The third-order valence-corrected chi connectivity index (χ3v) is 4.38. The molecule has 0 radical (unpaired) electrons. The van der Waals surface area contributed by atoms with E-state index >= 15 is 0 Å². The Morgan fingerprint density at radius 1 is 1.27 bits per heavy atom. The molecular weight excluding hydrogens is 354 g/mol. The molecule has 0 fully saturated rings. The minimum atomic E-state index is -0.496. The third-order valence-electron chi connectivity index (χ3n) is 3.53. The Morgan fingerprint density at radius 3 is 2.77 bits per heavy atom. The van der Waals surface area contributed by atoms with Crippen LogP contribution in [-0.4, -0.2) is 31.3 Å². The molecule has 0 spiro atoms. The topological polar surface area (TPSA) is 103 Å². The number of anilines is 1. The number of rotatable bonds is 6. The lowest BCUT2D eigenvalue weighted by molar-refractivity contribution is -0.384. The summed E-state index contributed by atoms with van der Waals surface area (Å²) in [6.45, 7) is 1.77. The number of benzene rings is 2. The maximum atomic E-state index is 12.1. The zero-order valence-electron chi connectivity index (χ0n) is 13.8. The van der Waals surface area contributed by atoms with E-state index < -0.39 is 4.92 Å². The molecule has 2 aromatic carbocycles. The van der Waals surface area contributed by atoms with Crippen LogP contribution >= 0.6 is 11.8 Å². The van der Waals surface area contributed by atoms with E-state index in [2.05, 4.69) is 15.4 Å². The second-order valence-electron chi connectivity index (χ2n) is 5.40. The van der Waals surface area contributed by atoms with Crippen LogP contribution in [0.2, 0.25) is 0 Å². The average Bonchev–Trinajstić information content (AvgIpc) is 3.11. The van der Waals surface area contributed by atoms with Crippen LogP contribution in [0.25, 0.3) is 5.69 Å². The van der Waals surface area contributed by atoms with Crippen LogP contribution in [0.5, 0.6) is 0 Å². The Hall–Kier alpha value is -3.20. The largest absolute Gasteiger partial charge is 0.325 e. The molecule has 9 heteroatoms. The Morgan fingerprint density at radius 2 is 2.04 bits per heavy atom. The summed E-state index contributed by atoms with van der Waals surface area (Å²) >= 11 is 1.19. The average molecular weight is 369 g/mol. The van der Waals surface area contributed by atoms with Gasteiger partial charge < -0.3 is 5.32 Å². The van der Waals surface area contributed by atoms with E-state index in [9.17, 15) is 14.9 Å². The molecule has 3 rings (SSSR count). The van der Waals surface area contributed by atoms with Crippen molar-refractivity contribution in [2.45, 2.75) is 12.1 Å². The first-order chi connectivity index (χ1) is 12.5. The fraction of sp³-hybridized carbons (Fsp3) is 0.118. The number of nitro benzene ring substituents is 1. The van der Waals surface area contributed by atoms with Crippen LogP contribution in [0.15, 0.2) is 60.0 Å². The van der Waals surface area contributed by atoms with Crippen molar-refractivity contribution in [3.63, 3.8) is 0 Å². The lowest BCUT2D eigenvalue weighted by Crippen LogP contribution is -2.15. The molecule has 0 saturated heterocycles. The van der Waals surface area contributed by atoms with E-state index in [1.165, 1.54) is 23.9 Å². The fourth-order valence-electron chi connectivity index (χ4n) is 2.19. The second-order valence-corrected chi connectivity index (χ2v) is 6.34. The predicted octanol–water partition coefficient (Wildman–Crippen LogP) is 3.21. The Balaban J connectivity index is 1.61. The van der Waals surface area contributed by atoms with Gasteiger partial charge in [0.15, 0.2) is 0 Å². The molecule has 8 nitrogen and oxygen atoms in total. The molecule has 1 aromatic heterocycles. The van der Waals surface area contributed by atoms with Crippen molar-refractivity contribution < 1.29 is 9.72 Å². The van der Waals surface area contributed by atoms with E-state index in [1.54, 1.807) is 24.0 Å². The van der Waals surface area contributed by atoms with Crippen LogP contribution in [0.4, 0.5) is 11.4 Å². The van der Waals surface area contributed by atoms with Gasteiger partial charge in [0.05, 0.1) is 22.1 Å². The van der Waals surface area contributed by atoms with Gasteiger partial charge in [0.25, 0.3) is 5.69 Å². The normalized spacial score (nSPS) is 10.5. The predicted molar refractivity (Wildman–Crippen MR) is 98.5 cm³/mol. The van der Waals surface area contributed by atoms with Gasteiger partial charge in [-0.3, -0.25) is 14.9 Å².